The van der Waals surface area contributed by atoms with E-state index in [1.807, 2.05) is 11.4 Å². The summed E-state index contributed by atoms with van der Waals surface area (Å²) in [4.78, 5) is 12.8. The van der Waals surface area contributed by atoms with Crippen molar-refractivity contribution in [2.24, 2.45) is 0 Å². The van der Waals surface area contributed by atoms with E-state index in [0.29, 0.717) is 22.6 Å². The normalized spacial score (nSPS) is 11.8. The molecule has 0 aliphatic carbocycles. The molecule has 0 spiro atoms. The molecule has 0 aliphatic heterocycles. The molecule has 0 amide bonds. The fraction of sp³-hybridized carbons (Fsp3) is 0.133. The van der Waals surface area contributed by atoms with Crippen LogP contribution < -0.4 is 0 Å². The molecule has 4 nitrogen and oxygen atoms in total. The third kappa shape index (κ3) is 2.57. The second-order valence-corrected chi connectivity index (χ2v) is 6.65. The van der Waals surface area contributed by atoms with E-state index in [9.17, 15) is 8.78 Å². The van der Waals surface area contributed by atoms with Crippen molar-refractivity contribution < 1.29 is 8.78 Å². The zero-order valence-corrected chi connectivity index (χ0v) is 13.3. The average Bonchev–Trinajstić information content (AvgIpc) is 3.16. The summed E-state index contributed by atoms with van der Waals surface area (Å²) in [5, 5.41) is 2.73. The molecule has 8 heteroatoms. The second-order valence-electron chi connectivity index (χ2n) is 4.77. The molecule has 3 heterocycles. The van der Waals surface area contributed by atoms with Gasteiger partial charge in [0, 0.05) is 0 Å². The predicted octanol–water partition coefficient (Wildman–Crippen LogP) is 4.73. The van der Waals surface area contributed by atoms with Crippen LogP contribution in [0.2, 0.25) is 0 Å². The summed E-state index contributed by atoms with van der Waals surface area (Å²) in [5.41, 5.74) is 1.89. The number of hydrogen-bond acceptors (Lipinski definition) is 5. The van der Waals surface area contributed by atoms with Gasteiger partial charge in [-0.2, -0.15) is 8.78 Å². The molecule has 0 saturated heterocycles. The Hall–Kier alpha value is -2.06. The maximum atomic E-state index is 13.4. The van der Waals surface area contributed by atoms with Crippen LogP contribution in [0.5, 0.6) is 0 Å². The Bertz CT molecular complexity index is 980. The first kappa shape index (κ1) is 14.5. The lowest BCUT2D eigenvalue weighted by molar-refractivity contribution is 0.0722. The predicted molar refractivity (Wildman–Crippen MR) is 88.0 cm³/mol. The molecule has 1 aromatic carbocycles. The van der Waals surface area contributed by atoms with Crippen LogP contribution in [0.25, 0.3) is 21.3 Å². The van der Waals surface area contributed by atoms with Gasteiger partial charge in [-0.1, -0.05) is 23.9 Å². The summed E-state index contributed by atoms with van der Waals surface area (Å²) in [6.07, 6.45) is 1.49. The Morgan fingerprint density at radius 3 is 2.87 bits per heavy atom. The van der Waals surface area contributed by atoms with Crippen molar-refractivity contribution in [2.75, 3.05) is 0 Å². The Morgan fingerprint density at radius 1 is 1.13 bits per heavy atom. The standard InChI is InChI=1S/C15H10F2N4S2/c16-15(17)21-11-4-2-1-3-9(11)20-12(21)7-23-14-13-10(5-6-22-13)18-8-19-14/h1-6,8,15H,7H2. The Kier molecular flexibility index (Phi) is 3.70. The van der Waals surface area contributed by atoms with Crippen LogP contribution in [0.15, 0.2) is 47.1 Å². The third-order valence-corrected chi connectivity index (χ3v) is 5.44. The highest BCUT2D eigenvalue weighted by atomic mass is 32.2. The van der Waals surface area contributed by atoms with Gasteiger partial charge in [-0.15, -0.1) is 11.3 Å². The molecule has 116 valence electrons. The summed E-state index contributed by atoms with van der Waals surface area (Å²) in [7, 11) is 0. The molecule has 0 N–H and O–H groups in total. The van der Waals surface area contributed by atoms with Gasteiger partial charge in [0.2, 0.25) is 0 Å². The molecule has 0 atom stereocenters. The second kappa shape index (κ2) is 5.86. The summed E-state index contributed by atoms with van der Waals surface area (Å²) in [6.45, 7) is -2.62. The number of rotatable bonds is 4. The van der Waals surface area contributed by atoms with Crippen molar-refractivity contribution in [3.05, 3.63) is 47.9 Å². The topological polar surface area (TPSA) is 43.6 Å². The number of halogens is 2. The molecule has 0 fully saturated rings. The largest absolute Gasteiger partial charge is 0.320 e. The van der Waals surface area contributed by atoms with Crippen LogP contribution in [-0.2, 0) is 5.75 Å². The van der Waals surface area contributed by atoms with Gasteiger partial charge in [-0.25, -0.2) is 15.0 Å². The number of hydrogen-bond donors (Lipinski definition) is 0. The molecule has 0 bridgehead atoms. The van der Waals surface area contributed by atoms with E-state index < -0.39 is 6.55 Å². The quantitative estimate of drug-likeness (QED) is 0.395. The minimum atomic E-state index is -2.62. The van der Waals surface area contributed by atoms with Gasteiger partial charge in [0.05, 0.1) is 27.0 Å². The van der Waals surface area contributed by atoms with Gasteiger partial charge in [0.1, 0.15) is 17.2 Å². The third-order valence-electron chi connectivity index (χ3n) is 3.41. The van der Waals surface area contributed by atoms with Gasteiger partial charge in [-0.05, 0) is 23.6 Å². The molecule has 0 saturated carbocycles. The fourth-order valence-corrected chi connectivity index (χ4v) is 4.29. The van der Waals surface area contributed by atoms with Crippen LogP contribution in [-0.4, -0.2) is 19.5 Å². The number of thioether (sulfide) groups is 1. The van der Waals surface area contributed by atoms with Gasteiger partial charge in [-0.3, -0.25) is 4.57 Å². The van der Waals surface area contributed by atoms with E-state index in [1.165, 1.54) is 18.1 Å². The Labute approximate surface area is 138 Å². The Balaban J connectivity index is 1.70. The smallest absolute Gasteiger partial charge is 0.269 e. The van der Waals surface area contributed by atoms with Crippen molar-refractivity contribution in [2.45, 2.75) is 17.3 Å². The molecule has 4 rings (SSSR count). The summed E-state index contributed by atoms with van der Waals surface area (Å²) in [6, 6.07) is 8.84. The molecule has 4 aromatic rings. The van der Waals surface area contributed by atoms with Crippen LogP contribution in [0.1, 0.15) is 12.4 Å². The van der Waals surface area contributed by atoms with E-state index in [2.05, 4.69) is 15.0 Å². The highest BCUT2D eigenvalue weighted by Crippen LogP contribution is 2.32. The van der Waals surface area contributed by atoms with Gasteiger partial charge in [0.15, 0.2) is 0 Å². The van der Waals surface area contributed by atoms with E-state index >= 15 is 0 Å². The maximum absolute atomic E-state index is 13.4. The van der Waals surface area contributed by atoms with Crippen molar-refractivity contribution in [3.8, 4) is 0 Å². The van der Waals surface area contributed by atoms with Crippen molar-refractivity contribution in [1.82, 2.24) is 19.5 Å². The van der Waals surface area contributed by atoms with Crippen LogP contribution >= 0.6 is 23.1 Å². The minimum Gasteiger partial charge on any atom is -0.269 e. The SMILES string of the molecule is FC(F)n1c(CSc2ncnc3ccsc23)nc2ccccc21. The number of fused-ring (bicyclic) bond motifs is 2. The zero-order valence-electron chi connectivity index (χ0n) is 11.7. The first-order valence-corrected chi connectivity index (χ1v) is 8.65. The number of benzene rings is 1. The first-order chi connectivity index (χ1) is 11.2. The molecular formula is C15H10F2N4S2. The lowest BCUT2D eigenvalue weighted by Gasteiger charge is -2.07. The molecule has 0 unspecified atom stereocenters. The molecule has 0 aliphatic rings. The number of alkyl halides is 2. The average molecular weight is 348 g/mol. The highest BCUT2D eigenvalue weighted by molar-refractivity contribution is 7.98. The Morgan fingerprint density at radius 2 is 2.00 bits per heavy atom. The summed E-state index contributed by atoms with van der Waals surface area (Å²) in [5.74, 6) is 0.665. The number of para-hydroxylation sites is 2. The first-order valence-electron chi connectivity index (χ1n) is 6.79. The van der Waals surface area contributed by atoms with Gasteiger partial charge < -0.3 is 0 Å². The number of nitrogens with zero attached hydrogens (tertiary/aromatic N) is 4. The van der Waals surface area contributed by atoms with Crippen LogP contribution in [0, 0.1) is 0 Å². The molecular weight excluding hydrogens is 338 g/mol. The van der Waals surface area contributed by atoms with Gasteiger partial charge >= 0.3 is 6.55 Å². The van der Waals surface area contributed by atoms with E-state index in [-0.39, 0.29) is 0 Å². The lowest BCUT2D eigenvalue weighted by atomic mass is 10.3. The van der Waals surface area contributed by atoms with E-state index in [0.717, 1.165) is 19.8 Å². The monoisotopic (exact) mass is 348 g/mol. The van der Waals surface area contributed by atoms with Crippen LogP contribution in [0.3, 0.4) is 0 Å². The lowest BCUT2D eigenvalue weighted by Crippen LogP contribution is -2.03. The number of imidazole rings is 1. The molecule has 3 aromatic heterocycles. The summed E-state index contributed by atoms with van der Waals surface area (Å²) >= 11 is 2.94. The van der Waals surface area contributed by atoms with E-state index in [4.69, 9.17) is 0 Å². The number of aromatic nitrogens is 4. The summed E-state index contributed by atoms with van der Waals surface area (Å²) < 4.78 is 28.8. The molecule has 0 radical (unpaired) electrons. The maximum Gasteiger partial charge on any atom is 0.320 e. The molecule has 23 heavy (non-hydrogen) atoms. The van der Waals surface area contributed by atoms with Crippen molar-refractivity contribution in [1.29, 1.82) is 0 Å². The minimum absolute atomic E-state index is 0.322. The number of thiophene rings is 1. The zero-order chi connectivity index (χ0) is 15.8. The fourth-order valence-electron chi connectivity index (χ4n) is 2.42. The highest BCUT2D eigenvalue weighted by Gasteiger charge is 2.18. The van der Waals surface area contributed by atoms with Crippen molar-refractivity contribution >= 4 is 44.3 Å². The van der Waals surface area contributed by atoms with Crippen LogP contribution in [0.4, 0.5) is 8.78 Å². The van der Waals surface area contributed by atoms with E-state index in [1.54, 1.807) is 35.6 Å². The van der Waals surface area contributed by atoms with Crippen molar-refractivity contribution in [3.63, 3.8) is 0 Å². The van der Waals surface area contributed by atoms with Gasteiger partial charge in [0.25, 0.3) is 0 Å².